The van der Waals surface area contributed by atoms with Crippen molar-refractivity contribution in [1.82, 2.24) is 9.80 Å². The van der Waals surface area contributed by atoms with Crippen LogP contribution in [0.25, 0.3) is 0 Å². The molecule has 0 amide bonds. The van der Waals surface area contributed by atoms with E-state index in [1.165, 1.54) is 0 Å². The summed E-state index contributed by atoms with van der Waals surface area (Å²) in [7, 11) is 0. The zero-order valence-corrected chi connectivity index (χ0v) is 17.0. The van der Waals surface area contributed by atoms with Gasteiger partial charge in [0.05, 0.1) is 12.3 Å². The average molecular weight is 383 g/mol. The van der Waals surface area contributed by atoms with Crippen molar-refractivity contribution in [2.75, 3.05) is 26.2 Å². The van der Waals surface area contributed by atoms with Crippen LogP contribution < -0.4 is 0 Å². The van der Waals surface area contributed by atoms with Crippen molar-refractivity contribution in [1.29, 1.82) is 0 Å². The Morgan fingerprint density at radius 1 is 0.960 bits per heavy atom. The van der Waals surface area contributed by atoms with Gasteiger partial charge in [-0.25, -0.2) is 0 Å². The summed E-state index contributed by atoms with van der Waals surface area (Å²) in [6, 6.07) is 5.84. The van der Waals surface area contributed by atoms with Gasteiger partial charge in [0, 0.05) is 52.6 Å². The first-order valence-electron chi connectivity index (χ1n) is 9.32. The number of nitrogens with zero attached hydrogens (tertiary/aromatic N) is 2. The van der Waals surface area contributed by atoms with Crippen LogP contribution in [0.4, 0.5) is 0 Å². The summed E-state index contributed by atoms with van der Waals surface area (Å²) in [4.78, 5) is 5.10. The van der Waals surface area contributed by atoms with Gasteiger partial charge in [0.1, 0.15) is 0 Å². The van der Waals surface area contributed by atoms with Crippen molar-refractivity contribution in [3.63, 3.8) is 0 Å². The minimum absolute atomic E-state index is 0.0594. The molecular weight excluding hydrogens is 355 g/mol. The van der Waals surface area contributed by atoms with Gasteiger partial charge >= 0.3 is 0 Å². The fourth-order valence-corrected chi connectivity index (χ4v) is 6.19. The third kappa shape index (κ3) is 2.36. The molecule has 4 saturated heterocycles. The first kappa shape index (κ1) is 18.1. The molecule has 1 aromatic carbocycles. The van der Waals surface area contributed by atoms with Gasteiger partial charge in [-0.05, 0) is 24.0 Å². The molecule has 4 aliphatic rings. The minimum Gasteiger partial charge on any atom is -0.392 e. The maximum absolute atomic E-state index is 11.4. The summed E-state index contributed by atoms with van der Waals surface area (Å²) in [6.45, 7) is 12.8. The molecule has 1 aromatic rings. The van der Waals surface area contributed by atoms with Crippen LogP contribution in [0, 0.1) is 22.7 Å². The number of aliphatic hydroxyl groups is 1. The summed E-state index contributed by atoms with van der Waals surface area (Å²) in [5, 5.41) is 12.8. The summed E-state index contributed by atoms with van der Waals surface area (Å²) >= 11 is 12.7. The molecule has 0 unspecified atom stereocenters. The fourth-order valence-electron chi connectivity index (χ4n) is 5.69. The molecule has 138 valence electrons. The SMILES string of the molecule is CC(C)C12CN3CC(C(C)C)(CN(C1)C3c1ccc(Cl)cc1Cl)C2O. The molecule has 4 fully saturated rings. The standard InChI is InChI=1S/C20H28Cl2N2O/c1-12(2)19-8-23-10-20(13(3)4,18(19)25)11-24(9-19)17(23)15-6-5-14(21)7-16(15)22/h5-7,12-13,17-18,25H,8-11H2,1-4H3. The highest BCUT2D eigenvalue weighted by Gasteiger charge is 2.67. The lowest BCUT2D eigenvalue weighted by Gasteiger charge is -2.71. The van der Waals surface area contributed by atoms with Crippen molar-refractivity contribution in [2.45, 2.75) is 40.0 Å². The van der Waals surface area contributed by atoms with Crippen LogP contribution in [-0.4, -0.2) is 47.2 Å². The number of aliphatic hydroxyl groups excluding tert-OH is 1. The highest BCUT2D eigenvalue weighted by atomic mass is 35.5. The van der Waals surface area contributed by atoms with E-state index in [9.17, 15) is 5.11 Å². The summed E-state index contributed by atoms with van der Waals surface area (Å²) in [5.41, 5.74) is 1.02. The predicted molar refractivity (Wildman–Crippen MR) is 103 cm³/mol. The lowest BCUT2D eigenvalue weighted by molar-refractivity contribution is -0.287. The molecule has 3 nitrogen and oxygen atoms in total. The van der Waals surface area contributed by atoms with Gasteiger partial charge in [0.15, 0.2) is 0 Å². The third-order valence-corrected chi connectivity index (χ3v) is 7.87. The first-order valence-corrected chi connectivity index (χ1v) is 10.1. The Hall–Kier alpha value is -0.320. The van der Waals surface area contributed by atoms with Crippen LogP contribution in [0.2, 0.25) is 10.0 Å². The van der Waals surface area contributed by atoms with E-state index in [0.29, 0.717) is 16.9 Å². The number of piperidine rings is 2. The number of halogens is 2. The van der Waals surface area contributed by atoms with Gasteiger partial charge in [-0.2, -0.15) is 0 Å². The third-order valence-electron chi connectivity index (χ3n) is 7.31. The smallest absolute Gasteiger partial charge is 0.0901 e. The van der Waals surface area contributed by atoms with E-state index in [2.05, 4.69) is 43.6 Å². The molecule has 5 rings (SSSR count). The van der Waals surface area contributed by atoms with Crippen molar-refractivity contribution < 1.29 is 5.11 Å². The lowest BCUT2D eigenvalue weighted by atomic mass is 9.52. The van der Waals surface area contributed by atoms with Gasteiger partial charge in [-0.3, -0.25) is 9.80 Å². The van der Waals surface area contributed by atoms with E-state index in [4.69, 9.17) is 23.2 Å². The van der Waals surface area contributed by atoms with E-state index in [-0.39, 0.29) is 23.1 Å². The van der Waals surface area contributed by atoms with Gasteiger partial charge in [0.2, 0.25) is 0 Å². The molecule has 0 spiro atoms. The molecule has 1 N–H and O–H groups in total. The maximum atomic E-state index is 11.4. The Morgan fingerprint density at radius 2 is 1.44 bits per heavy atom. The van der Waals surface area contributed by atoms with Crippen LogP contribution >= 0.6 is 23.2 Å². The quantitative estimate of drug-likeness (QED) is 0.844. The van der Waals surface area contributed by atoms with E-state index in [1.807, 2.05) is 12.1 Å². The van der Waals surface area contributed by atoms with Crippen molar-refractivity contribution >= 4 is 23.2 Å². The van der Waals surface area contributed by atoms with Crippen molar-refractivity contribution in [2.24, 2.45) is 22.7 Å². The molecule has 4 heterocycles. The molecule has 0 aromatic heterocycles. The summed E-state index contributed by atoms with van der Waals surface area (Å²) in [5.74, 6) is 0.876. The average Bonchev–Trinajstić information content (AvgIpc) is 2.51. The van der Waals surface area contributed by atoms with E-state index in [1.54, 1.807) is 0 Å². The number of benzene rings is 1. The van der Waals surface area contributed by atoms with Gasteiger partial charge in [0.25, 0.3) is 0 Å². The lowest BCUT2D eigenvalue weighted by Crippen LogP contribution is -2.80. The second-order valence-electron chi connectivity index (χ2n) is 9.03. The van der Waals surface area contributed by atoms with Gasteiger partial charge < -0.3 is 5.11 Å². The minimum atomic E-state index is -0.242. The summed E-state index contributed by atoms with van der Waals surface area (Å²) < 4.78 is 0. The molecule has 0 aliphatic carbocycles. The van der Waals surface area contributed by atoms with E-state index in [0.717, 1.165) is 36.8 Å². The van der Waals surface area contributed by atoms with Crippen LogP contribution in [-0.2, 0) is 0 Å². The molecule has 5 heteroatoms. The second kappa shape index (κ2) is 5.84. The Labute approximate surface area is 160 Å². The first-order chi connectivity index (χ1) is 11.7. The molecule has 0 radical (unpaired) electrons. The van der Waals surface area contributed by atoms with Gasteiger partial charge in [-0.1, -0.05) is 57.0 Å². The van der Waals surface area contributed by atoms with Gasteiger partial charge in [-0.15, -0.1) is 0 Å². The molecule has 0 saturated carbocycles. The molecule has 25 heavy (non-hydrogen) atoms. The zero-order valence-electron chi connectivity index (χ0n) is 15.5. The Morgan fingerprint density at radius 3 is 1.84 bits per heavy atom. The van der Waals surface area contributed by atoms with E-state index < -0.39 is 0 Å². The Kier molecular flexibility index (Phi) is 4.22. The van der Waals surface area contributed by atoms with E-state index >= 15 is 0 Å². The number of hydrogen-bond donors (Lipinski definition) is 1. The molecule has 4 aliphatic heterocycles. The largest absolute Gasteiger partial charge is 0.392 e. The monoisotopic (exact) mass is 382 g/mol. The van der Waals surface area contributed by atoms with Crippen LogP contribution in [0.5, 0.6) is 0 Å². The van der Waals surface area contributed by atoms with Crippen molar-refractivity contribution in [3.05, 3.63) is 33.8 Å². The van der Waals surface area contributed by atoms with Crippen molar-refractivity contribution in [3.8, 4) is 0 Å². The topological polar surface area (TPSA) is 26.7 Å². The highest BCUT2D eigenvalue weighted by Crippen LogP contribution is 2.59. The maximum Gasteiger partial charge on any atom is 0.0901 e. The normalized spacial score (nSPS) is 42.6. The highest BCUT2D eigenvalue weighted by molar-refractivity contribution is 6.35. The molecular formula is C20H28Cl2N2O. The Balaban J connectivity index is 1.79. The fraction of sp³-hybridized carbons (Fsp3) is 0.700. The molecule has 0 atom stereocenters. The Bertz CT molecular complexity index is 646. The van der Waals surface area contributed by atoms with Crippen LogP contribution in [0.1, 0.15) is 39.4 Å². The zero-order chi connectivity index (χ0) is 18.1. The number of rotatable bonds is 3. The second-order valence-corrected chi connectivity index (χ2v) is 9.87. The number of hydrogen-bond acceptors (Lipinski definition) is 3. The van der Waals surface area contributed by atoms with Crippen LogP contribution in [0.3, 0.4) is 0 Å². The predicted octanol–water partition coefficient (Wildman–Crippen LogP) is 4.28. The van der Waals surface area contributed by atoms with Crippen LogP contribution in [0.15, 0.2) is 18.2 Å². The molecule has 4 bridgehead atoms. The summed E-state index contributed by atoms with van der Waals surface area (Å²) in [6.07, 6.45) is -0.0508.